The van der Waals surface area contributed by atoms with Crippen LogP contribution in [0.25, 0.3) is 0 Å². The van der Waals surface area contributed by atoms with Gasteiger partial charge in [0, 0.05) is 37.1 Å². The first-order chi connectivity index (χ1) is 8.49. The Morgan fingerprint density at radius 1 is 1.61 bits per heavy atom. The van der Waals surface area contributed by atoms with Gasteiger partial charge in [0.15, 0.2) is 5.43 Å². The van der Waals surface area contributed by atoms with Crippen molar-refractivity contribution >= 4 is 5.91 Å². The number of aromatic nitrogens is 1. The van der Waals surface area contributed by atoms with Crippen LogP contribution in [-0.2, 0) is 0 Å². The fourth-order valence-corrected chi connectivity index (χ4v) is 2.31. The SMILES string of the molecule is Cc1cc(=O)c(C(=O)N2CCC(C(C)N)C2)c[nH]1. The standard InChI is InChI=1S/C13H19N3O2/c1-8-5-12(17)11(6-15-8)13(18)16-4-3-10(7-16)9(2)14/h5-6,9-10H,3-4,7,14H2,1-2H3,(H,15,17). The summed E-state index contributed by atoms with van der Waals surface area (Å²) in [6, 6.07) is 1.53. The van der Waals surface area contributed by atoms with Crippen molar-refractivity contribution < 1.29 is 4.79 Å². The molecule has 0 radical (unpaired) electrons. The van der Waals surface area contributed by atoms with E-state index < -0.39 is 0 Å². The first-order valence-corrected chi connectivity index (χ1v) is 6.23. The molecule has 0 bridgehead atoms. The Balaban J connectivity index is 2.15. The maximum absolute atomic E-state index is 12.2. The molecule has 1 aliphatic heterocycles. The highest BCUT2D eigenvalue weighted by molar-refractivity contribution is 5.94. The molecule has 2 rings (SSSR count). The van der Waals surface area contributed by atoms with Gasteiger partial charge in [-0.2, -0.15) is 0 Å². The van der Waals surface area contributed by atoms with Crippen LogP contribution in [0.2, 0.25) is 0 Å². The summed E-state index contributed by atoms with van der Waals surface area (Å²) in [5.74, 6) is 0.137. The van der Waals surface area contributed by atoms with Gasteiger partial charge in [-0.25, -0.2) is 0 Å². The number of nitrogens with one attached hydrogen (secondary N) is 1. The zero-order chi connectivity index (χ0) is 13.3. The van der Waals surface area contributed by atoms with Gasteiger partial charge < -0.3 is 15.6 Å². The van der Waals surface area contributed by atoms with E-state index in [0.29, 0.717) is 19.0 Å². The molecule has 0 aromatic carbocycles. The predicted molar refractivity (Wildman–Crippen MR) is 69.5 cm³/mol. The smallest absolute Gasteiger partial charge is 0.259 e. The van der Waals surface area contributed by atoms with E-state index in [1.54, 1.807) is 11.8 Å². The van der Waals surface area contributed by atoms with Crippen LogP contribution < -0.4 is 11.2 Å². The second kappa shape index (κ2) is 4.94. The largest absolute Gasteiger partial charge is 0.364 e. The summed E-state index contributed by atoms with van der Waals surface area (Å²) in [6.07, 6.45) is 2.41. The zero-order valence-electron chi connectivity index (χ0n) is 10.8. The van der Waals surface area contributed by atoms with E-state index in [1.165, 1.54) is 12.3 Å². The highest BCUT2D eigenvalue weighted by Gasteiger charge is 2.29. The number of nitrogens with zero attached hydrogens (tertiary/aromatic N) is 1. The van der Waals surface area contributed by atoms with Crippen molar-refractivity contribution in [3.8, 4) is 0 Å². The minimum atomic E-state index is -0.222. The maximum atomic E-state index is 12.2. The van der Waals surface area contributed by atoms with E-state index in [1.807, 2.05) is 6.92 Å². The van der Waals surface area contributed by atoms with E-state index >= 15 is 0 Å². The summed E-state index contributed by atoms with van der Waals surface area (Å²) in [5, 5.41) is 0. The van der Waals surface area contributed by atoms with Crippen molar-refractivity contribution in [1.29, 1.82) is 0 Å². The van der Waals surface area contributed by atoms with Gasteiger partial charge in [0.05, 0.1) is 0 Å². The van der Waals surface area contributed by atoms with Crippen molar-refractivity contribution in [2.45, 2.75) is 26.3 Å². The van der Waals surface area contributed by atoms with Crippen LogP contribution in [0.15, 0.2) is 17.1 Å². The summed E-state index contributed by atoms with van der Waals surface area (Å²) in [4.78, 5) is 28.6. The number of carbonyl (C=O) groups is 1. The average Bonchev–Trinajstić information content (AvgIpc) is 2.77. The third kappa shape index (κ3) is 2.46. The number of rotatable bonds is 2. The van der Waals surface area contributed by atoms with Crippen LogP contribution in [0.4, 0.5) is 0 Å². The first-order valence-electron chi connectivity index (χ1n) is 6.23. The number of carbonyl (C=O) groups excluding carboxylic acids is 1. The molecule has 1 saturated heterocycles. The molecule has 1 aromatic heterocycles. The van der Waals surface area contributed by atoms with Crippen molar-refractivity contribution in [3.05, 3.63) is 33.7 Å². The monoisotopic (exact) mass is 249 g/mol. The molecule has 0 saturated carbocycles. The van der Waals surface area contributed by atoms with Gasteiger partial charge >= 0.3 is 0 Å². The second-order valence-corrected chi connectivity index (χ2v) is 5.05. The zero-order valence-corrected chi connectivity index (χ0v) is 10.8. The number of H-pyrrole nitrogens is 1. The Kier molecular flexibility index (Phi) is 3.52. The quantitative estimate of drug-likeness (QED) is 0.800. The summed E-state index contributed by atoms with van der Waals surface area (Å²) in [5.41, 5.74) is 6.59. The lowest BCUT2D eigenvalue weighted by molar-refractivity contribution is 0.0784. The van der Waals surface area contributed by atoms with Crippen LogP contribution >= 0.6 is 0 Å². The van der Waals surface area contributed by atoms with Gasteiger partial charge in [-0.05, 0) is 26.2 Å². The first kappa shape index (κ1) is 12.8. The van der Waals surface area contributed by atoms with Crippen LogP contribution in [0.3, 0.4) is 0 Å². The average molecular weight is 249 g/mol. The molecule has 1 aromatic rings. The molecule has 1 fully saturated rings. The summed E-state index contributed by atoms with van der Waals surface area (Å²) in [6.45, 7) is 5.07. The fourth-order valence-electron chi connectivity index (χ4n) is 2.31. The minimum absolute atomic E-state index is 0.0825. The van der Waals surface area contributed by atoms with Gasteiger partial charge in [0.1, 0.15) is 5.56 Å². The van der Waals surface area contributed by atoms with Crippen molar-refractivity contribution in [2.75, 3.05) is 13.1 Å². The molecule has 0 aliphatic carbocycles. The van der Waals surface area contributed by atoms with Gasteiger partial charge in [0.25, 0.3) is 5.91 Å². The number of nitrogens with two attached hydrogens (primary N) is 1. The number of hydrogen-bond acceptors (Lipinski definition) is 3. The van der Waals surface area contributed by atoms with Crippen molar-refractivity contribution in [3.63, 3.8) is 0 Å². The number of pyridine rings is 1. The third-order valence-corrected chi connectivity index (χ3v) is 3.54. The van der Waals surface area contributed by atoms with Crippen molar-refractivity contribution in [2.24, 2.45) is 11.7 Å². The predicted octanol–water partition coefficient (Wildman–Crippen LogP) is 0.493. The molecule has 2 atom stereocenters. The van der Waals surface area contributed by atoms with Crippen LogP contribution in [-0.4, -0.2) is 34.9 Å². The Morgan fingerprint density at radius 2 is 2.33 bits per heavy atom. The maximum Gasteiger partial charge on any atom is 0.259 e. The van der Waals surface area contributed by atoms with Gasteiger partial charge in [0.2, 0.25) is 0 Å². The Morgan fingerprint density at radius 3 is 2.89 bits per heavy atom. The third-order valence-electron chi connectivity index (χ3n) is 3.54. The minimum Gasteiger partial charge on any atom is -0.364 e. The number of amides is 1. The van der Waals surface area contributed by atoms with Crippen LogP contribution in [0.1, 0.15) is 29.4 Å². The highest BCUT2D eigenvalue weighted by Crippen LogP contribution is 2.19. The van der Waals surface area contributed by atoms with E-state index in [2.05, 4.69) is 4.98 Å². The summed E-state index contributed by atoms with van der Waals surface area (Å²) in [7, 11) is 0. The van der Waals surface area contributed by atoms with Crippen LogP contribution in [0.5, 0.6) is 0 Å². The van der Waals surface area contributed by atoms with Crippen LogP contribution in [0, 0.1) is 12.8 Å². The molecule has 3 N–H and O–H groups in total. The Bertz CT molecular complexity index is 507. The van der Waals surface area contributed by atoms with E-state index in [0.717, 1.165) is 12.1 Å². The molecule has 18 heavy (non-hydrogen) atoms. The topological polar surface area (TPSA) is 79.2 Å². The molecule has 5 heteroatoms. The number of hydrogen-bond donors (Lipinski definition) is 2. The normalized spacial score (nSPS) is 21.1. The molecule has 1 amide bonds. The Hall–Kier alpha value is -1.62. The molecule has 1 aliphatic rings. The molecule has 2 unspecified atom stereocenters. The molecule has 2 heterocycles. The lowest BCUT2D eigenvalue weighted by Crippen LogP contribution is -2.35. The summed E-state index contributed by atoms with van der Waals surface area (Å²) < 4.78 is 0. The molecule has 5 nitrogen and oxygen atoms in total. The summed E-state index contributed by atoms with van der Waals surface area (Å²) >= 11 is 0. The molecule has 98 valence electrons. The van der Waals surface area contributed by atoms with Crippen molar-refractivity contribution in [1.82, 2.24) is 9.88 Å². The van der Waals surface area contributed by atoms with Gasteiger partial charge in [-0.1, -0.05) is 0 Å². The molecular formula is C13H19N3O2. The number of aryl methyl sites for hydroxylation is 1. The lowest BCUT2D eigenvalue weighted by Gasteiger charge is -2.17. The van der Waals surface area contributed by atoms with E-state index in [9.17, 15) is 9.59 Å². The number of likely N-dealkylation sites (tertiary alicyclic amines) is 1. The fraction of sp³-hybridized carbons (Fsp3) is 0.538. The highest BCUT2D eigenvalue weighted by atomic mass is 16.2. The second-order valence-electron chi connectivity index (χ2n) is 5.05. The molecular weight excluding hydrogens is 230 g/mol. The lowest BCUT2D eigenvalue weighted by atomic mass is 10.0. The van der Waals surface area contributed by atoms with E-state index in [-0.39, 0.29) is 22.9 Å². The molecule has 0 spiro atoms. The number of aromatic amines is 1. The van der Waals surface area contributed by atoms with Gasteiger partial charge in [-0.3, -0.25) is 9.59 Å². The Labute approximate surface area is 106 Å². The van der Waals surface area contributed by atoms with Gasteiger partial charge in [-0.15, -0.1) is 0 Å². The van der Waals surface area contributed by atoms with E-state index in [4.69, 9.17) is 5.73 Å².